The molecule has 0 spiro atoms. The van der Waals surface area contributed by atoms with E-state index >= 15 is 0 Å². The zero-order valence-corrected chi connectivity index (χ0v) is 15.7. The van der Waals surface area contributed by atoms with Gasteiger partial charge in [0.1, 0.15) is 23.8 Å². The lowest BCUT2D eigenvalue weighted by Crippen LogP contribution is -2.62. The van der Waals surface area contributed by atoms with E-state index in [1.165, 1.54) is 0 Å². The summed E-state index contributed by atoms with van der Waals surface area (Å²) in [6.45, 7) is 2.29. The molecule has 0 saturated carbocycles. The van der Waals surface area contributed by atoms with Crippen molar-refractivity contribution in [1.82, 2.24) is 24.2 Å². The molecule has 1 aliphatic rings. The number of quaternary nitrogens is 1. The van der Waals surface area contributed by atoms with Gasteiger partial charge in [-0.3, -0.25) is 9.89 Å². The van der Waals surface area contributed by atoms with Crippen molar-refractivity contribution in [3.8, 4) is 5.69 Å². The van der Waals surface area contributed by atoms with Crippen LogP contribution in [0.1, 0.15) is 24.5 Å². The highest BCUT2D eigenvalue weighted by atomic mass is 16.2. The summed E-state index contributed by atoms with van der Waals surface area (Å²) < 4.78 is 1.86. The van der Waals surface area contributed by atoms with Crippen LogP contribution in [0.4, 0.5) is 5.69 Å². The first kappa shape index (κ1) is 18.1. The molecule has 144 valence electrons. The number of nitrogens with one attached hydrogen (secondary N) is 1. The lowest BCUT2D eigenvalue weighted by Gasteiger charge is -2.36. The van der Waals surface area contributed by atoms with Crippen LogP contribution in [0.15, 0.2) is 48.8 Å². The number of nitrogens with zero attached hydrogens (tertiary/aromatic N) is 4. The Morgan fingerprint density at radius 1 is 1.25 bits per heavy atom. The summed E-state index contributed by atoms with van der Waals surface area (Å²) in [5, 5.41) is 6.81. The van der Waals surface area contributed by atoms with Gasteiger partial charge in [0.15, 0.2) is 11.7 Å². The molecule has 1 aliphatic heterocycles. The summed E-state index contributed by atoms with van der Waals surface area (Å²) in [5.74, 6) is 0.502. The number of aromatic nitrogens is 4. The van der Waals surface area contributed by atoms with Crippen molar-refractivity contribution >= 4 is 17.5 Å². The summed E-state index contributed by atoms with van der Waals surface area (Å²) in [7, 11) is 0. The zero-order chi connectivity index (χ0) is 19.7. The second kappa shape index (κ2) is 7.05. The first-order valence-corrected chi connectivity index (χ1v) is 9.33. The molecule has 1 aromatic carbocycles. The van der Waals surface area contributed by atoms with Crippen LogP contribution in [-0.2, 0) is 16.0 Å². The van der Waals surface area contributed by atoms with Crippen molar-refractivity contribution in [3.05, 3.63) is 60.4 Å². The Labute approximate surface area is 162 Å². The van der Waals surface area contributed by atoms with Crippen LogP contribution in [0.5, 0.6) is 0 Å². The number of benzene rings is 1. The number of rotatable bonds is 5. The number of para-hydroxylation sites is 2. The summed E-state index contributed by atoms with van der Waals surface area (Å²) in [4.78, 5) is 30.3. The average molecular weight is 379 g/mol. The van der Waals surface area contributed by atoms with Crippen molar-refractivity contribution in [2.75, 3.05) is 6.54 Å². The first-order chi connectivity index (χ1) is 13.5. The second-order valence-corrected chi connectivity index (χ2v) is 7.13. The smallest absolute Gasteiger partial charge is 0.327 e. The van der Waals surface area contributed by atoms with Gasteiger partial charge >= 0.3 is 5.91 Å². The molecule has 2 amide bonds. The maximum Gasteiger partial charge on any atom is 0.327 e. The van der Waals surface area contributed by atoms with Gasteiger partial charge in [0, 0.05) is 31.3 Å². The quantitative estimate of drug-likeness (QED) is 0.657. The van der Waals surface area contributed by atoms with E-state index in [2.05, 4.69) is 15.2 Å². The molecule has 1 unspecified atom stereocenters. The highest BCUT2D eigenvalue weighted by Crippen LogP contribution is 2.39. The molecular weight excluding hydrogens is 356 g/mol. The third kappa shape index (κ3) is 2.91. The number of aromatic amines is 1. The zero-order valence-electron chi connectivity index (χ0n) is 15.7. The molecular formula is C20H23N6O2+. The van der Waals surface area contributed by atoms with E-state index < -0.39 is 11.9 Å². The Morgan fingerprint density at radius 2 is 2.00 bits per heavy atom. The molecule has 8 heteroatoms. The monoisotopic (exact) mass is 379 g/mol. The minimum absolute atomic E-state index is 0.0602. The Kier molecular flexibility index (Phi) is 4.56. The van der Waals surface area contributed by atoms with E-state index in [0.717, 1.165) is 17.8 Å². The Bertz CT molecular complexity index is 1010. The maximum absolute atomic E-state index is 13.7. The number of amides is 2. The van der Waals surface area contributed by atoms with Crippen LogP contribution in [0, 0.1) is 6.92 Å². The molecule has 2 aromatic heterocycles. The molecule has 0 aliphatic carbocycles. The molecule has 2 atom stereocenters. The van der Waals surface area contributed by atoms with Gasteiger partial charge in [-0.15, -0.1) is 0 Å². The number of nitrogens with two attached hydrogens (primary N) is 1. The van der Waals surface area contributed by atoms with Crippen molar-refractivity contribution in [2.45, 2.75) is 32.2 Å². The van der Waals surface area contributed by atoms with Gasteiger partial charge in [0.2, 0.25) is 0 Å². The molecule has 3 aromatic rings. The molecule has 8 nitrogen and oxygen atoms in total. The Morgan fingerprint density at radius 3 is 2.68 bits per heavy atom. The van der Waals surface area contributed by atoms with E-state index in [1.807, 2.05) is 53.4 Å². The lowest BCUT2D eigenvalue weighted by atomic mass is 10.1. The molecule has 0 radical (unpaired) electrons. The standard InChI is InChI=1S/C20H22N6O2/c1-14-22-18(24-23-14)13-19(27)26(12-6-9-17(26)20(21)28)16-8-3-2-7-15(16)25-10-4-5-11-25/h2-5,7-8,10-11,17H,6,9,12-13H2,1H3,(H2-,21,22,23,24,28)/p+1/t17-,26?/m0/s1. The van der Waals surface area contributed by atoms with Gasteiger partial charge in [0.25, 0.3) is 5.91 Å². The summed E-state index contributed by atoms with van der Waals surface area (Å²) in [6, 6.07) is 10.9. The van der Waals surface area contributed by atoms with E-state index in [1.54, 1.807) is 6.92 Å². The van der Waals surface area contributed by atoms with Crippen LogP contribution in [0.2, 0.25) is 0 Å². The van der Waals surface area contributed by atoms with Crippen LogP contribution < -0.4 is 10.2 Å². The largest absolute Gasteiger partial charge is 0.364 e. The number of H-pyrrole nitrogens is 1. The summed E-state index contributed by atoms with van der Waals surface area (Å²) in [6.07, 6.45) is 5.24. The molecule has 0 bridgehead atoms. The second-order valence-electron chi connectivity index (χ2n) is 7.13. The summed E-state index contributed by atoms with van der Waals surface area (Å²) >= 11 is 0. The third-order valence-electron chi connectivity index (χ3n) is 5.45. The van der Waals surface area contributed by atoms with Crippen LogP contribution in [-0.4, -0.2) is 44.1 Å². The summed E-state index contributed by atoms with van der Waals surface area (Å²) in [5.41, 5.74) is 7.41. The van der Waals surface area contributed by atoms with Crippen LogP contribution in [0.25, 0.3) is 5.69 Å². The Hall–Kier alpha value is -3.26. The predicted octanol–water partition coefficient (Wildman–Crippen LogP) is 1.63. The molecule has 4 rings (SSSR count). The SMILES string of the molecule is Cc1n[nH]c(CC(=O)[N+]2(c3ccccc3-n3cccc3)CCC[C@H]2C(N)=O)n1. The Balaban J connectivity index is 1.86. The number of likely N-dealkylation sites (tertiary alicyclic amines) is 1. The van der Waals surface area contributed by atoms with Crippen molar-refractivity contribution in [1.29, 1.82) is 0 Å². The number of aryl methyl sites for hydroxylation is 1. The highest BCUT2D eigenvalue weighted by molar-refractivity contribution is 5.98. The molecule has 3 heterocycles. The van der Waals surface area contributed by atoms with Crippen LogP contribution in [0.3, 0.4) is 0 Å². The molecule has 3 N–H and O–H groups in total. The molecule has 1 fully saturated rings. The minimum Gasteiger partial charge on any atom is -0.364 e. The lowest BCUT2D eigenvalue weighted by molar-refractivity contribution is -0.136. The van der Waals surface area contributed by atoms with E-state index in [-0.39, 0.29) is 16.8 Å². The fraction of sp³-hybridized carbons (Fsp3) is 0.300. The average Bonchev–Trinajstić information content (AvgIpc) is 3.42. The van der Waals surface area contributed by atoms with Crippen molar-refractivity contribution in [2.24, 2.45) is 5.73 Å². The molecule has 1 saturated heterocycles. The number of hydrogen-bond donors (Lipinski definition) is 2. The van der Waals surface area contributed by atoms with Crippen molar-refractivity contribution in [3.63, 3.8) is 0 Å². The van der Waals surface area contributed by atoms with Gasteiger partial charge in [-0.25, -0.2) is 14.3 Å². The third-order valence-corrected chi connectivity index (χ3v) is 5.45. The maximum atomic E-state index is 13.7. The first-order valence-electron chi connectivity index (χ1n) is 9.33. The van der Waals surface area contributed by atoms with E-state index in [9.17, 15) is 9.59 Å². The van der Waals surface area contributed by atoms with Gasteiger partial charge < -0.3 is 10.3 Å². The van der Waals surface area contributed by atoms with Crippen LogP contribution >= 0.6 is 0 Å². The number of carbonyl (C=O) groups excluding carboxylic acids is 2. The topological polar surface area (TPSA) is 107 Å². The van der Waals surface area contributed by atoms with Gasteiger partial charge in [-0.05, 0) is 25.1 Å². The predicted molar refractivity (Wildman–Crippen MR) is 104 cm³/mol. The van der Waals surface area contributed by atoms with Gasteiger partial charge in [-0.1, -0.05) is 12.1 Å². The number of hydrogen-bond acceptors (Lipinski definition) is 4. The molecule has 28 heavy (non-hydrogen) atoms. The van der Waals surface area contributed by atoms with E-state index in [4.69, 9.17) is 5.73 Å². The highest BCUT2D eigenvalue weighted by Gasteiger charge is 2.53. The van der Waals surface area contributed by atoms with Crippen molar-refractivity contribution < 1.29 is 9.59 Å². The van der Waals surface area contributed by atoms with Gasteiger partial charge in [-0.2, -0.15) is 5.10 Å². The fourth-order valence-corrected chi connectivity index (χ4v) is 4.26. The minimum atomic E-state index is -0.603. The van der Waals surface area contributed by atoms with E-state index in [0.29, 0.717) is 24.6 Å². The fourth-order valence-electron chi connectivity index (χ4n) is 4.26. The number of carbonyl (C=O) groups is 2. The normalized spacial score (nSPS) is 21.7. The number of primary amides is 1. The van der Waals surface area contributed by atoms with Gasteiger partial charge in [0.05, 0.1) is 6.54 Å².